The highest BCUT2D eigenvalue weighted by Crippen LogP contribution is 2.13. The van der Waals surface area contributed by atoms with Crippen molar-refractivity contribution in [1.29, 1.82) is 0 Å². The van der Waals surface area contributed by atoms with Crippen LogP contribution in [0, 0.1) is 0 Å². The number of hydrogen-bond acceptors (Lipinski definition) is 3. The number of benzene rings is 1. The van der Waals surface area contributed by atoms with Crippen LogP contribution >= 0.6 is 0 Å². The Labute approximate surface area is 108 Å². The lowest BCUT2D eigenvalue weighted by molar-refractivity contribution is -0.121. The number of carbonyl (C=O) groups is 1. The average Bonchev–Trinajstić information content (AvgIpc) is 2.37. The molecule has 1 atom stereocenters. The fourth-order valence-corrected chi connectivity index (χ4v) is 1.67. The lowest BCUT2D eigenvalue weighted by atomic mass is 10.1. The third-order valence-corrected chi connectivity index (χ3v) is 2.82. The molecule has 1 aromatic rings. The topological polar surface area (TPSA) is 75.3 Å². The van der Waals surface area contributed by atoms with Gasteiger partial charge in [0.25, 0.3) is 0 Å². The van der Waals surface area contributed by atoms with E-state index in [4.69, 9.17) is 5.73 Å². The quantitative estimate of drug-likeness (QED) is 0.512. The molecule has 4 heteroatoms. The minimum Gasteiger partial charge on any atom is -0.399 e. The highest BCUT2D eigenvalue weighted by Gasteiger charge is 2.08. The van der Waals surface area contributed by atoms with Gasteiger partial charge in [0.15, 0.2) is 0 Å². The molecular formula is C14H22N2O2. The normalized spacial score (nSPS) is 12.1. The van der Waals surface area contributed by atoms with E-state index < -0.39 is 6.10 Å². The van der Waals surface area contributed by atoms with Crippen LogP contribution in [-0.4, -0.2) is 17.6 Å². The standard InChI is InChI=1S/C14H22N2O2/c1-2-3-4-5-14(18)16-10-13(17)11-6-8-12(15)9-7-11/h6-9,13,17H,2-5,10,15H2,1H3,(H,16,18). The van der Waals surface area contributed by atoms with E-state index in [-0.39, 0.29) is 12.5 Å². The fraction of sp³-hybridized carbons (Fsp3) is 0.500. The zero-order valence-corrected chi connectivity index (χ0v) is 10.9. The minimum absolute atomic E-state index is 0.00190. The number of anilines is 1. The van der Waals surface area contributed by atoms with Gasteiger partial charge in [0, 0.05) is 18.7 Å². The van der Waals surface area contributed by atoms with Crippen LogP contribution in [0.15, 0.2) is 24.3 Å². The van der Waals surface area contributed by atoms with Crippen molar-refractivity contribution >= 4 is 11.6 Å². The first-order valence-corrected chi connectivity index (χ1v) is 6.43. The van der Waals surface area contributed by atoms with Crippen LogP contribution in [0.25, 0.3) is 0 Å². The molecule has 0 fully saturated rings. The Morgan fingerprint density at radius 2 is 2.00 bits per heavy atom. The molecule has 0 saturated carbocycles. The number of carbonyl (C=O) groups excluding carboxylic acids is 1. The van der Waals surface area contributed by atoms with Crippen LogP contribution in [0.2, 0.25) is 0 Å². The smallest absolute Gasteiger partial charge is 0.220 e. The highest BCUT2D eigenvalue weighted by atomic mass is 16.3. The fourth-order valence-electron chi connectivity index (χ4n) is 1.67. The van der Waals surface area contributed by atoms with Gasteiger partial charge in [-0.05, 0) is 24.1 Å². The minimum atomic E-state index is -0.680. The molecule has 1 unspecified atom stereocenters. The molecule has 1 rings (SSSR count). The Morgan fingerprint density at radius 3 is 2.61 bits per heavy atom. The van der Waals surface area contributed by atoms with Gasteiger partial charge >= 0.3 is 0 Å². The number of aliphatic hydroxyl groups excluding tert-OH is 1. The second-order valence-electron chi connectivity index (χ2n) is 4.44. The van der Waals surface area contributed by atoms with Gasteiger partial charge in [-0.15, -0.1) is 0 Å². The lowest BCUT2D eigenvalue weighted by Crippen LogP contribution is -2.28. The number of nitrogens with two attached hydrogens (primary N) is 1. The Morgan fingerprint density at radius 1 is 1.33 bits per heavy atom. The first-order valence-electron chi connectivity index (χ1n) is 6.43. The van der Waals surface area contributed by atoms with E-state index in [2.05, 4.69) is 12.2 Å². The predicted molar refractivity (Wildman–Crippen MR) is 73.0 cm³/mol. The first-order chi connectivity index (χ1) is 8.63. The molecule has 1 amide bonds. The van der Waals surface area contributed by atoms with E-state index in [0.29, 0.717) is 12.1 Å². The molecule has 0 aliphatic rings. The van der Waals surface area contributed by atoms with Crippen molar-refractivity contribution in [1.82, 2.24) is 5.32 Å². The molecule has 100 valence electrons. The summed E-state index contributed by atoms with van der Waals surface area (Å²) >= 11 is 0. The highest BCUT2D eigenvalue weighted by molar-refractivity contribution is 5.75. The van der Waals surface area contributed by atoms with Crippen LogP contribution < -0.4 is 11.1 Å². The number of amides is 1. The van der Waals surface area contributed by atoms with E-state index in [1.807, 2.05) is 0 Å². The molecule has 0 aromatic heterocycles. The van der Waals surface area contributed by atoms with Gasteiger partial charge in [0.1, 0.15) is 0 Å². The number of nitrogen functional groups attached to an aromatic ring is 1. The maximum atomic E-state index is 11.5. The van der Waals surface area contributed by atoms with Crippen molar-refractivity contribution in [3.63, 3.8) is 0 Å². The van der Waals surface area contributed by atoms with Crippen molar-refractivity contribution in [2.45, 2.75) is 38.7 Å². The molecule has 0 saturated heterocycles. The van der Waals surface area contributed by atoms with Crippen LogP contribution in [0.5, 0.6) is 0 Å². The Balaban J connectivity index is 2.30. The molecule has 18 heavy (non-hydrogen) atoms. The van der Waals surface area contributed by atoms with Gasteiger partial charge in [-0.2, -0.15) is 0 Å². The summed E-state index contributed by atoms with van der Waals surface area (Å²) in [5.74, 6) is -0.00190. The van der Waals surface area contributed by atoms with E-state index in [1.54, 1.807) is 24.3 Å². The van der Waals surface area contributed by atoms with Crippen LogP contribution in [0.3, 0.4) is 0 Å². The first kappa shape index (κ1) is 14.5. The van der Waals surface area contributed by atoms with Crippen LogP contribution in [0.4, 0.5) is 5.69 Å². The summed E-state index contributed by atoms with van der Waals surface area (Å²) in [6.45, 7) is 2.34. The van der Waals surface area contributed by atoms with Crippen LogP contribution in [-0.2, 0) is 4.79 Å². The summed E-state index contributed by atoms with van der Waals surface area (Å²) in [4.78, 5) is 11.5. The van der Waals surface area contributed by atoms with Gasteiger partial charge in [-0.25, -0.2) is 0 Å². The summed E-state index contributed by atoms with van der Waals surface area (Å²) < 4.78 is 0. The monoisotopic (exact) mass is 250 g/mol. The Bertz CT molecular complexity index is 363. The number of hydrogen-bond donors (Lipinski definition) is 3. The third-order valence-electron chi connectivity index (χ3n) is 2.82. The second kappa shape index (κ2) is 7.71. The molecule has 0 aliphatic carbocycles. The maximum absolute atomic E-state index is 11.5. The molecule has 0 aliphatic heterocycles. The number of rotatable bonds is 7. The van der Waals surface area contributed by atoms with Crippen molar-refractivity contribution in [2.75, 3.05) is 12.3 Å². The average molecular weight is 250 g/mol. The van der Waals surface area contributed by atoms with Crippen molar-refractivity contribution in [2.24, 2.45) is 0 Å². The number of aliphatic hydroxyl groups is 1. The summed E-state index contributed by atoms with van der Waals surface area (Å²) in [5, 5.41) is 12.6. The van der Waals surface area contributed by atoms with E-state index in [0.717, 1.165) is 24.8 Å². The number of unbranched alkanes of at least 4 members (excludes halogenated alkanes) is 2. The largest absolute Gasteiger partial charge is 0.399 e. The SMILES string of the molecule is CCCCCC(=O)NCC(O)c1ccc(N)cc1. The van der Waals surface area contributed by atoms with Gasteiger partial charge in [-0.1, -0.05) is 31.9 Å². The maximum Gasteiger partial charge on any atom is 0.220 e. The molecule has 4 nitrogen and oxygen atoms in total. The van der Waals surface area contributed by atoms with Gasteiger partial charge < -0.3 is 16.2 Å². The molecule has 0 radical (unpaired) electrons. The molecule has 0 bridgehead atoms. The molecular weight excluding hydrogens is 228 g/mol. The van der Waals surface area contributed by atoms with E-state index in [9.17, 15) is 9.90 Å². The van der Waals surface area contributed by atoms with E-state index >= 15 is 0 Å². The third kappa shape index (κ3) is 5.19. The van der Waals surface area contributed by atoms with Crippen molar-refractivity contribution in [3.8, 4) is 0 Å². The zero-order valence-electron chi connectivity index (χ0n) is 10.9. The van der Waals surface area contributed by atoms with Crippen molar-refractivity contribution in [3.05, 3.63) is 29.8 Å². The number of nitrogens with one attached hydrogen (secondary N) is 1. The summed E-state index contributed by atoms with van der Waals surface area (Å²) in [7, 11) is 0. The summed E-state index contributed by atoms with van der Waals surface area (Å²) in [5.41, 5.74) is 6.99. The Hall–Kier alpha value is -1.55. The molecule has 0 heterocycles. The molecule has 0 spiro atoms. The molecule has 4 N–H and O–H groups in total. The Kier molecular flexibility index (Phi) is 6.22. The summed E-state index contributed by atoms with van der Waals surface area (Å²) in [6, 6.07) is 7.01. The van der Waals surface area contributed by atoms with Gasteiger partial charge in [0.05, 0.1) is 6.10 Å². The summed E-state index contributed by atoms with van der Waals surface area (Å²) in [6.07, 6.45) is 2.92. The second-order valence-corrected chi connectivity index (χ2v) is 4.44. The lowest BCUT2D eigenvalue weighted by Gasteiger charge is -2.12. The van der Waals surface area contributed by atoms with Gasteiger partial charge in [0.2, 0.25) is 5.91 Å². The predicted octanol–water partition coefficient (Wildman–Crippen LogP) is 2.00. The zero-order chi connectivity index (χ0) is 13.4. The molecule has 1 aromatic carbocycles. The van der Waals surface area contributed by atoms with E-state index in [1.165, 1.54) is 0 Å². The van der Waals surface area contributed by atoms with Crippen LogP contribution in [0.1, 0.15) is 44.3 Å². The van der Waals surface area contributed by atoms with Gasteiger partial charge in [-0.3, -0.25) is 4.79 Å². The van der Waals surface area contributed by atoms with Crippen molar-refractivity contribution < 1.29 is 9.90 Å².